The molecule has 8 nitrogen and oxygen atoms in total. The standard InChI is InChI=1S/C20H30N4O4/c25-15(21-23-17(27)13-11-19(13)7-3-8-19)5-1-2-6-16(26)22-24-18(28)14-12-20(14)9-4-10-20/h13-14H,1-12H2,(H,21,25)(H,22,26)(H,23,27)(H,24,28). The van der Waals surface area contributed by atoms with Crippen LogP contribution in [0.3, 0.4) is 0 Å². The van der Waals surface area contributed by atoms with Crippen LogP contribution in [0, 0.1) is 22.7 Å². The third-order valence-electron chi connectivity index (χ3n) is 7.42. The summed E-state index contributed by atoms with van der Waals surface area (Å²) in [5, 5.41) is 0. The fraction of sp³-hybridized carbons (Fsp3) is 0.800. The SMILES string of the molecule is O=C(CCCCC(=O)NNC(=O)C1CC12CCC2)NNC(=O)C1CC12CCC2. The lowest BCUT2D eigenvalue weighted by Gasteiger charge is -2.26. The summed E-state index contributed by atoms with van der Waals surface area (Å²) in [5.41, 5.74) is 10.4. The van der Waals surface area contributed by atoms with Crippen molar-refractivity contribution in [3.8, 4) is 0 Å². The summed E-state index contributed by atoms with van der Waals surface area (Å²) < 4.78 is 0. The Hall–Kier alpha value is -2.12. The van der Waals surface area contributed by atoms with Gasteiger partial charge in [-0.1, -0.05) is 12.8 Å². The molecule has 4 rings (SSSR count). The second-order valence-electron chi connectivity index (χ2n) is 9.23. The Morgan fingerprint density at radius 2 is 1.04 bits per heavy atom. The molecular formula is C20H30N4O4. The van der Waals surface area contributed by atoms with Gasteiger partial charge in [0.25, 0.3) is 0 Å². The molecule has 0 radical (unpaired) electrons. The van der Waals surface area contributed by atoms with E-state index in [0.29, 0.717) is 12.8 Å². The Morgan fingerprint density at radius 1 is 0.643 bits per heavy atom. The van der Waals surface area contributed by atoms with Gasteiger partial charge in [-0.15, -0.1) is 0 Å². The number of hydrogen-bond donors (Lipinski definition) is 4. The largest absolute Gasteiger partial charge is 0.273 e. The zero-order chi connectivity index (χ0) is 19.8. The van der Waals surface area contributed by atoms with E-state index in [0.717, 1.165) is 38.5 Å². The molecule has 0 aromatic rings. The smallest absolute Gasteiger partial charge is 0.242 e. The third-order valence-corrected chi connectivity index (χ3v) is 7.42. The number of amides is 4. The quantitative estimate of drug-likeness (QED) is 0.386. The number of carbonyl (C=O) groups is 4. The number of carbonyl (C=O) groups excluding carboxylic acids is 4. The van der Waals surface area contributed by atoms with E-state index in [2.05, 4.69) is 21.7 Å². The van der Waals surface area contributed by atoms with E-state index in [-0.39, 0.29) is 59.1 Å². The zero-order valence-corrected chi connectivity index (χ0v) is 16.3. The molecular weight excluding hydrogens is 360 g/mol. The average Bonchev–Trinajstić information content (AvgIpc) is 3.50. The second-order valence-corrected chi connectivity index (χ2v) is 9.23. The van der Waals surface area contributed by atoms with E-state index >= 15 is 0 Å². The molecule has 4 saturated carbocycles. The molecule has 154 valence electrons. The molecule has 0 aromatic carbocycles. The molecule has 8 heteroatoms. The first kappa shape index (κ1) is 19.2. The Balaban J connectivity index is 1.00. The van der Waals surface area contributed by atoms with Gasteiger partial charge in [-0.25, -0.2) is 0 Å². The zero-order valence-electron chi connectivity index (χ0n) is 16.3. The molecule has 4 N–H and O–H groups in total. The highest BCUT2D eigenvalue weighted by Crippen LogP contribution is 2.66. The molecule has 2 atom stereocenters. The minimum atomic E-state index is -0.245. The van der Waals surface area contributed by atoms with Crippen molar-refractivity contribution in [3.05, 3.63) is 0 Å². The fourth-order valence-corrected chi connectivity index (χ4v) is 4.94. The maximum atomic E-state index is 12.0. The van der Waals surface area contributed by atoms with Crippen molar-refractivity contribution in [2.24, 2.45) is 22.7 Å². The van der Waals surface area contributed by atoms with Crippen molar-refractivity contribution < 1.29 is 19.2 Å². The van der Waals surface area contributed by atoms with Crippen LogP contribution in [0.5, 0.6) is 0 Å². The van der Waals surface area contributed by atoms with Crippen LogP contribution in [0.1, 0.15) is 77.0 Å². The van der Waals surface area contributed by atoms with Crippen molar-refractivity contribution in [1.82, 2.24) is 21.7 Å². The van der Waals surface area contributed by atoms with Gasteiger partial charge in [-0.3, -0.25) is 40.9 Å². The lowest BCUT2D eigenvalue weighted by atomic mass is 9.80. The molecule has 4 amide bonds. The summed E-state index contributed by atoms with van der Waals surface area (Å²) in [6, 6.07) is 0. The van der Waals surface area contributed by atoms with Gasteiger partial charge < -0.3 is 0 Å². The van der Waals surface area contributed by atoms with Crippen LogP contribution in [0.25, 0.3) is 0 Å². The lowest BCUT2D eigenvalue weighted by molar-refractivity contribution is -0.130. The monoisotopic (exact) mass is 390 g/mol. The van der Waals surface area contributed by atoms with Crippen LogP contribution in [0.2, 0.25) is 0 Å². The van der Waals surface area contributed by atoms with Gasteiger partial charge in [-0.2, -0.15) is 0 Å². The minimum Gasteiger partial charge on any atom is -0.273 e. The van der Waals surface area contributed by atoms with Crippen molar-refractivity contribution in [2.45, 2.75) is 77.0 Å². The average molecular weight is 390 g/mol. The highest BCUT2D eigenvalue weighted by molar-refractivity contribution is 5.86. The van der Waals surface area contributed by atoms with Crippen LogP contribution in [-0.4, -0.2) is 23.6 Å². The number of rotatable bonds is 7. The molecule has 0 heterocycles. The third kappa shape index (κ3) is 3.86. The van der Waals surface area contributed by atoms with Crippen molar-refractivity contribution in [2.75, 3.05) is 0 Å². The van der Waals surface area contributed by atoms with E-state index in [1.807, 2.05) is 0 Å². The molecule has 0 aromatic heterocycles. The van der Waals surface area contributed by atoms with Crippen LogP contribution in [0.15, 0.2) is 0 Å². The molecule has 0 aliphatic heterocycles. The van der Waals surface area contributed by atoms with Crippen LogP contribution < -0.4 is 21.7 Å². The van der Waals surface area contributed by atoms with Crippen LogP contribution in [0.4, 0.5) is 0 Å². The van der Waals surface area contributed by atoms with Gasteiger partial charge >= 0.3 is 0 Å². The predicted octanol–water partition coefficient (Wildman–Crippen LogP) is 1.22. The predicted molar refractivity (Wildman–Crippen MR) is 99.8 cm³/mol. The Kier molecular flexibility index (Phi) is 5.05. The van der Waals surface area contributed by atoms with E-state index in [1.165, 1.54) is 12.8 Å². The van der Waals surface area contributed by atoms with Gasteiger partial charge in [-0.05, 0) is 62.2 Å². The lowest BCUT2D eigenvalue weighted by Crippen LogP contribution is -2.43. The molecule has 4 aliphatic rings. The van der Waals surface area contributed by atoms with Gasteiger partial charge in [0.05, 0.1) is 0 Å². The van der Waals surface area contributed by atoms with E-state index in [4.69, 9.17) is 0 Å². The summed E-state index contributed by atoms with van der Waals surface area (Å²) in [7, 11) is 0. The molecule has 4 aliphatic carbocycles. The van der Waals surface area contributed by atoms with E-state index in [1.54, 1.807) is 0 Å². The molecule has 4 fully saturated rings. The van der Waals surface area contributed by atoms with E-state index < -0.39 is 0 Å². The van der Waals surface area contributed by atoms with Crippen molar-refractivity contribution >= 4 is 23.6 Å². The summed E-state index contributed by atoms with van der Waals surface area (Å²) in [5.74, 6) is -0.523. The highest BCUT2D eigenvalue weighted by atomic mass is 16.2. The summed E-state index contributed by atoms with van der Waals surface area (Å²) >= 11 is 0. The van der Waals surface area contributed by atoms with Gasteiger partial charge in [0, 0.05) is 24.7 Å². The molecule has 0 saturated heterocycles. The molecule has 2 unspecified atom stereocenters. The molecule has 0 bridgehead atoms. The van der Waals surface area contributed by atoms with Gasteiger partial charge in [0.15, 0.2) is 0 Å². The van der Waals surface area contributed by atoms with Crippen LogP contribution in [-0.2, 0) is 19.2 Å². The van der Waals surface area contributed by atoms with Gasteiger partial charge in [0.1, 0.15) is 0 Å². The first-order valence-corrected chi connectivity index (χ1v) is 10.6. The fourth-order valence-electron chi connectivity index (χ4n) is 4.94. The second kappa shape index (κ2) is 7.37. The first-order valence-electron chi connectivity index (χ1n) is 10.6. The first-order chi connectivity index (χ1) is 13.4. The number of unbranched alkanes of at least 4 members (excludes halogenated alkanes) is 1. The summed E-state index contributed by atoms with van der Waals surface area (Å²) in [6.45, 7) is 0. The maximum absolute atomic E-state index is 12.0. The van der Waals surface area contributed by atoms with Gasteiger partial charge in [0.2, 0.25) is 23.6 Å². The normalized spacial score (nSPS) is 27.1. The Labute approximate surface area is 164 Å². The number of hydrazine groups is 2. The Bertz CT molecular complexity index is 626. The van der Waals surface area contributed by atoms with Crippen molar-refractivity contribution in [1.29, 1.82) is 0 Å². The molecule has 28 heavy (non-hydrogen) atoms. The highest BCUT2D eigenvalue weighted by Gasteiger charge is 2.61. The summed E-state index contributed by atoms with van der Waals surface area (Å²) in [6.07, 6.45) is 10.4. The van der Waals surface area contributed by atoms with Crippen LogP contribution >= 0.6 is 0 Å². The molecule has 2 spiro atoms. The van der Waals surface area contributed by atoms with E-state index in [9.17, 15) is 19.2 Å². The Morgan fingerprint density at radius 3 is 1.32 bits per heavy atom. The maximum Gasteiger partial charge on any atom is 0.242 e. The topological polar surface area (TPSA) is 116 Å². The minimum absolute atomic E-state index is 0.0651. The van der Waals surface area contributed by atoms with Crippen molar-refractivity contribution in [3.63, 3.8) is 0 Å². The number of hydrogen-bond acceptors (Lipinski definition) is 4. The summed E-state index contributed by atoms with van der Waals surface area (Å²) in [4.78, 5) is 47.5. The number of nitrogens with one attached hydrogen (secondary N) is 4.